The van der Waals surface area contributed by atoms with Crippen molar-refractivity contribution in [2.24, 2.45) is 0 Å². The number of nitrogens with one attached hydrogen (secondary N) is 2. The van der Waals surface area contributed by atoms with Gasteiger partial charge >= 0.3 is 12.0 Å². The summed E-state index contributed by atoms with van der Waals surface area (Å²) in [5, 5.41) is 4.17. The van der Waals surface area contributed by atoms with Crippen molar-refractivity contribution in [3.8, 4) is 5.75 Å². The van der Waals surface area contributed by atoms with E-state index in [1.54, 1.807) is 0 Å². The van der Waals surface area contributed by atoms with E-state index in [0.717, 1.165) is 0 Å². The number of amides is 2. The molecule has 3 rings (SSSR count). The van der Waals surface area contributed by atoms with Gasteiger partial charge in [0.15, 0.2) is 9.84 Å². The van der Waals surface area contributed by atoms with E-state index in [2.05, 4.69) is 15.4 Å². The van der Waals surface area contributed by atoms with Crippen molar-refractivity contribution >= 4 is 21.8 Å². The zero-order chi connectivity index (χ0) is 21.5. The Bertz CT molecular complexity index is 942. The number of hydrogen-bond donors (Lipinski definition) is 2. The van der Waals surface area contributed by atoms with Crippen LogP contribution in [0.1, 0.15) is 25.7 Å². The number of fused-ring (bicyclic) bond motifs is 1. The Labute approximate surface area is 161 Å². The Hall–Kier alpha value is -2.44. The smallest absolute Gasteiger partial charge is 0.315 e. The van der Waals surface area contributed by atoms with Crippen molar-refractivity contribution in [1.82, 2.24) is 10.6 Å². The minimum atomic E-state index is -3.46. The van der Waals surface area contributed by atoms with Gasteiger partial charge in [0.1, 0.15) is 0 Å². The van der Waals surface area contributed by atoms with E-state index >= 15 is 0 Å². The first kappa shape index (κ1) is 21.3. The molecule has 2 fully saturated rings. The number of carbonyl (C=O) groups is 2. The Morgan fingerprint density at radius 1 is 0.966 bits per heavy atom. The summed E-state index contributed by atoms with van der Waals surface area (Å²) in [5.41, 5.74) is 0. The molecule has 2 aliphatic rings. The fraction of sp³-hybridized carbons (Fsp3) is 0.500. The Kier molecular flexibility index (Phi) is 5.70. The summed E-state index contributed by atoms with van der Waals surface area (Å²) in [6, 6.07) is -1.59. The molecule has 7 nitrogen and oxygen atoms in total. The standard InChI is InChI=1S/C16H15F5N2O5S/c17-9-10(18)12(20)15(13(21)11(9)19)28-8(24)4-2-1-3-7-14-6(5-29(7,26)27)22-16(25)23-14/h6-7,14H,1-5H2,(H2,22,23,25). The first-order chi connectivity index (χ1) is 13.5. The molecular formula is C16H15F5N2O5S. The highest BCUT2D eigenvalue weighted by molar-refractivity contribution is 7.92. The minimum Gasteiger partial charge on any atom is -0.420 e. The van der Waals surface area contributed by atoms with Crippen molar-refractivity contribution in [1.29, 1.82) is 0 Å². The molecule has 0 aromatic heterocycles. The number of urea groups is 1. The van der Waals surface area contributed by atoms with Crippen LogP contribution in [0.2, 0.25) is 0 Å². The van der Waals surface area contributed by atoms with Crippen molar-refractivity contribution < 1.29 is 44.7 Å². The Balaban J connectivity index is 1.54. The van der Waals surface area contributed by atoms with E-state index in [1.807, 2.05) is 0 Å². The molecule has 0 spiro atoms. The van der Waals surface area contributed by atoms with Gasteiger partial charge in [-0.2, -0.15) is 8.78 Å². The third kappa shape index (κ3) is 4.00. The third-order valence-electron chi connectivity index (χ3n) is 4.83. The molecule has 1 aromatic carbocycles. The number of esters is 1. The van der Waals surface area contributed by atoms with E-state index in [0.29, 0.717) is 0 Å². The molecule has 0 bridgehead atoms. The number of sulfone groups is 1. The van der Waals surface area contributed by atoms with Gasteiger partial charge in [0, 0.05) is 6.42 Å². The SMILES string of the molecule is O=C1NC2CS(=O)(=O)C(CCCCC(=O)Oc3c(F)c(F)c(F)c(F)c3F)C2N1. The van der Waals surface area contributed by atoms with Crippen molar-refractivity contribution in [3.05, 3.63) is 29.1 Å². The van der Waals surface area contributed by atoms with Gasteiger partial charge in [-0.3, -0.25) is 4.79 Å². The molecule has 2 saturated heterocycles. The number of unbranched alkanes of at least 4 members (excludes halogenated alkanes) is 1. The average molecular weight is 442 g/mol. The lowest BCUT2D eigenvalue weighted by molar-refractivity contribution is -0.135. The second kappa shape index (κ2) is 7.76. The average Bonchev–Trinajstić information content (AvgIpc) is 3.10. The zero-order valence-electron chi connectivity index (χ0n) is 14.6. The predicted octanol–water partition coefficient (Wildman–Crippen LogP) is 1.69. The second-order valence-electron chi connectivity index (χ2n) is 6.74. The monoisotopic (exact) mass is 442 g/mol. The summed E-state index contributed by atoms with van der Waals surface area (Å²) >= 11 is 0. The molecule has 3 atom stereocenters. The van der Waals surface area contributed by atoms with Gasteiger partial charge in [0.2, 0.25) is 34.8 Å². The molecule has 29 heavy (non-hydrogen) atoms. The van der Waals surface area contributed by atoms with Crippen LogP contribution < -0.4 is 15.4 Å². The van der Waals surface area contributed by atoms with Crippen LogP contribution in [-0.2, 0) is 14.6 Å². The van der Waals surface area contributed by atoms with Gasteiger partial charge in [-0.25, -0.2) is 26.4 Å². The van der Waals surface area contributed by atoms with E-state index in [4.69, 9.17) is 0 Å². The molecule has 0 aliphatic carbocycles. The van der Waals surface area contributed by atoms with Gasteiger partial charge in [-0.05, 0) is 12.8 Å². The van der Waals surface area contributed by atoms with E-state index in [9.17, 15) is 40.0 Å². The maximum atomic E-state index is 13.5. The summed E-state index contributed by atoms with van der Waals surface area (Å²) < 4.78 is 94.7. The first-order valence-electron chi connectivity index (χ1n) is 8.53. The molecule has 0 saturated carbocycles. The molecule has 2 aliphatic heterocycles. The van der Waals surface area contributed by atoms with Crippen LogP contribution in [0.15, 0.2) is 0 Å². The van der Waals surface area contributed by atoms with Gasteiger partial charge in [0.05, 0.1) is 23.1 Å². The maximum absolute atomic E-state index is 13.5. The quantitative estimate of drug-likeness (QED) is 0.133. The number of halogens is 5. The molecule has 13 heteroatoms. The van der Waals surface area contributed by atoms with Gasteiger partial charge in [-0.15, -0.1) is 0 Å². The zero-order valence-corrected chi connectivity index (χ0v) is 15.4. The summed E-state index contributed by atoms with van der Waals surface area (Å²) in [7, 11) is -3.46. The van der Waals surface area contributed by atoms with Crippen LogP contribution in [-0.4, -0.2) is 43.5 Å². The van der Waals surface area contributed by atoms with Crippen LogP contribution in [0.5, 0.6) is 5.75 Å². The number of benzene rings is 1. The Morgan fingerprint density at radius 2 is 1.55 bits per heavy atom. The second-order valence-corrected chi connectivity index (χ2v) is 9.00. The lowest BCUT2D eigenvalue weighted by Gasteiger charge is -2.16. The van der Waals surface area contributed by atoms with E-state index < -0.39 is 80.4 Å². The summed E-state index contributed by atoms with van der Waals surface area (Å²) in [5.74, 6) is -14.5. The normalized spacial score (nSPS) is 24.7. The summed E-state index contributed by atoms with van der Waals surface area (Å²) in [6.45, 7) is 0. The fourth-order valence-electron chi connectivity index (χ4n) is 3.46. The molecule has 160 valence electrons. The summed E-state index contributed by atoms with van der Waals surface area (Å²) in [6.07, 6.45) is -0.0968. The lowest BCUT2D eigenvalue weighted by atomic mass is 10.0. The summed E-state index contributed by atoms with van der Waals surface area (Å²) in [4.78, 5) is 23.0. The largest absolute Gasteiger partial charge is 0.420 e. The van der Waals surface area contributed by atoms with Crippen molar-refractivity contribution in [2.75, 3.05) is 5.75 Å². The topological polar surface area (TPSA) is 102 Å². The Morgan fingerprint density at radius 3 is 2.17 bits per heavy atom. The number of ether oxygens (including phenoxy) is 1. The fourth-order valence-corrected chi connectivity index (χ4v) is 5.73. The molecule has 3 unspecified atom stereocenters. The van der Waals surface area contributed by atoms with Crippen LogP contribution in [0, 0.1) is 29.1 Å². The lowest BCUT2D eigenvalue weighted by Crippen LogP contribution is -2.39. The molecule has 1 aromatic rings. The van der Waals surface area contributed by atoms with Crippen molar-refractivity contribution in [2.45, 2.75) is 43.0 Å². The van der Waals surface area contributed by atoms with Gasteiger partial charge in [-0.1, -0.05) is 6.42 Å². The minimum absolute atomic E-state index is 0.0407. The maximum Gasteiger partial charge on any atom is 0.315 e. The van der Waals surface area contributed by atoms with Crippen molar-refractivity contribution in [3.63, 3.8) is 0 Å². The highest BCUT2D eigenvalue weighted by Gasteiger charge is 2.51. The molecule has 2 N–H and O–H groups in total. The van der Waals surface area contributed by atoms with Gasteiger partial charge < -0.3 is 15.4 Å². The number of rotatable bonds is 6. The molecule has 0 radical (unpaired) electrons. The van der Waals surface area contributed by atoms with Crippen LogP contribution >= 0.6 is 0 Å². The highest BCUT2D eigenvalue weighted by Crippen LogP contribution is 2.30. The van der Waals surface area contributed by atoms with E-state index in [-0.39, 0.29) is 25.0 Å². The molecular weight excluding hydrogens is 427 g/mol. The number of carbonyl (C=O) groups excluding carboxylic acids is 2. The number of hydrogen-bond acceptors (Lipinski definition) is 5. The van der Waals surface area contributed by atoms with Crippen LogP contribution in [0.3, 0.4) is 0 Å². The molecule has 2 amide bonds. The highest BCUT2D eigenvalue weighted by atomic mass is 32.2. The van der Waals surface area contributed by atoms with Gasteiger partial charge in [0.25, 0.3) is 0 Å². The molecule has 2 heterocycles. The van der Waals surface area contributed by atoms with Crippen LogP contribution in [0.25, 0.3) is 0 Å². The predicted molar refractivity (Wildman–Crippen MR) is 87.2 cm³/mol. The van der Waals surface area contributed by atoms with Crippen LogP contribution in [0.4, 0.5) is 26.7 Å². The third-order valence-corrected chi connectivity index (χ3v) is 7.10. The first-order valence-corrected chi connectivity index (χ1v) is 10.2. The van der Waals surface area contributed by atoms with E-state index in [1.165, 1.54) is 0 Å².